The minimum absolute atomic E-state index is 0.370. The highest BCUT2D eigenvalue weighted by Crippen LogP contribution is 2.21. The van der Waals surface area contributed by atoms with Crippen LogP contribution in [0.25, 0.3) is 0 Å². The Balaban J connectivity index is 1.86. The monoisotopic (exact) mass is 318 g/mol. The van der Waals surface area contributed by atoms with E-state index in [9.17, 15) is 13.5 Å². The van der Waals surface area contributed by atoms with Gasteiger partial charge in [-0.3, -0.25) is 4.90 Å². The Kier molecular flexibility index (Phi) is 5.19. The lowest BCUT2D eigenvalue weighted by Gasteiger charge is -2.35. The van der Waals surface area contributed by atoms with Crippen LogP contribution in [0.1, 0.15) is 24.8 Å². The van der Waals surface area contributed by atoms with E-state index in [1.165, 1.54) is 0 Å². The molecule has 2 rings (SSSR count). The fraction of sp³-hybridized carbons (Fsp3) is 0.692. The number of hydrogen-bond acceptors (Lipinski definition) is 5. The van der Waals surface area contributed by atoms with Crippen LogP contribution in [0.5, 0.6) is 0 Å². The summed E-state index contributed by atoms with van der Waals surface area (Å²) in [6, 6.07) is 3.85. The van der Waals surface area contributed by atoms with Crippen molar-refractivity contribution in [3.8, 4) is 0 Å². The average Bonchev–Trinajstić information content (AvgIpc) is 2.93. The molecule has 1 aliphatic heterocycles. The van der Waals surface area contributed by atoms with Crippen LogP contribution in [0.4, 0.5) is 0 Å². The molecule has 1 saturated heterocycles. The van der Waals surface area contributed by atoms with Gasteiger partial charge in [0, 0.05) is 37.6 Å². The molecule has 0 aliphatic carbocycles. The van der Waals surface area contributed by atoms with Crippen molar-refractivity contribution in [2.75, 3.05) is 32.7 Å². The average molecular weight is 318 g/mol. The molecule has 0 amide bonds. The third-order valence-corrected chi connectivity index (χ3v) is 6.84. The van der Waals surface area contributed by atoms with Crippen LogP contribution >= 0.6 is 11.3 Å². The smallest absolute Gasteiger partial charge is 0.216 e. The Bertz CT molecular complexity index is 506. The molecule has 5 nitrogen and oxygen atoms in total. The summed E-state index contributed by atoms with van der Waals surface area (Å²) < 4.78 is 25.7. The molecule has 7 heteroatoms. The summed E-state index contributed by atoms with van der Waals surface area (Å²) in [5, 5.41) is 11.7. The van der Waals surface area contributed by atoms with Crippen molar-refractivity contribution >= 4 is 21.4 Å². The summed E-state index contributed by atoms with van der Waals surface area (Å²) in [6.07, 6.45) is -0.483. The van der Waals surface area contributed by atoms with Crippen molar-refractivity contribution in [2.24, 2.45) is 0 Å². The number of thiophene rings is 1. The molecule has 1 fully saturated rings. The van der Waals surface area contributed by atoms with E-state index < -0.39 is 16.1 Å². The Morgan fingerprint density at radius 3 is 2.45 bits per heavy atom. The van der Waals surface area contributed by atoms with E-state index >= 15 is 0 Å². The van der Waals surface area contributed by atoms with E-state index in [4.69, 9.17) is 0 Å². The maximum Gasteiger partial charge on any atom is 0.216 e. The second-order valence-electron chi connectivity index (χ2n) is 5.32. The van der Waals surface area contributed by atoms with Crippen molar-refractivity contribution in [2.45, 2.75) is 25.2 Å². The molecule has 114 valence electrons. The summed E-state index contributed by atoms with van der Waals surface area (Å²) in [7, 11) is -3.15. The minimum Gasteiger partial charge on any atom is -0.386 e. The lowest BCUT2D eigenvalue weighted by atomic mass is 10.2. The van der Waals surface area contributed by atoms with Crippen molar-refractivity contribution in [3.63, 3.8) is 0 Å². The van der Waals surface area contributed by atoms with Crippen molar-refractivity contribution in [1.82, 2.24) is 9.21 Å². The van der Waals surface area contributed by atoms with Crippen LogP contribution in [0, 0.1) is 0 Å². The predicted octanol–water partition coefficient (Wildman–Crippen LogP) is 1.14. The Morgan fingerprint density at radius 2 is 1.95 bits per heavy atom. The van der Waals surface area contributed by atoms with Gasteiger partial charge in [-0.1, -0.05) is 6.07 Å². The summed E-state index contributed by atoms with van der Waals surface area (Å²) in [5.74, 6) is 0. The van der Waals surface area contributed by atoms with Gasteiger partial charge in [-0.25, -0.2) is 8.42 Å². The molecule has 1 aliphatic rings. The number of aliphatic hydroxyl groups is 1. The molecule has 0 saturated carbocycles. The lowest BCUT2D eigenvalue weighted by Crippen LogP contribution is -2.51. The van der Waals surface area contributed by atoms with Gasteiger partial charge >= 0.3 is 0 Å². The van der Waals surface area contributed by atoms with Gasteiger partial charge in [0.25, 0.3) is 0 Å². The molecule has 0 aromatic carbocycles. The third kappa shape index (κ3) is 3.59. The number of aliphatic hydroxyl groups excluding tert-OH is 1. The van der Waals surface area contributed by atoms with Crippen molar-refractivity contribution in [3.05, 3.63) is 22.4 Å². The van der Waals surface area contributed by atoms with E-state index in [2.05, 4.69) is 4.90 Å². The zero-order chi connectivity index (χ0) is 14.8. The van der Waals surface area contributed by atoms with Gasteiger partial charge < -0.3 is 5.11 Å². The summed E-state index contributed by atoms with van der Waals surface area (Å²) >= 11 is 1.55. The number of piperazine rings is 1. The molecule has 1 aromatic heterocycles. The normalized spacial score (nSPS) is 20.4. The zero-order valence-corrected chi connectivity index (χ0v) is 13.5. The molecule has 2 heterocycles. The van der Waals surface area contributed by atoms with Crippen LogP contribution in [-0.4, -0.2) is 60.7 Å². The predicted molar refractivity (Wildman–Crippen MR) is 81.3 cm³/mol. The Labute approximate surface area is 124 Å². The highest BCUT2D eigenvalue weighted by Gasteiger charge is 2.29. The van der Waals surface area contributed by atoms with Crippen LogP contribution in [0.15, 0.2) is 17.5 Å². The first-order chi connectivity index (χ1) is 9.41. The molecule has 20 heavy (non-hydrogen) atoms. The van der Waals surface area contributed by atoms with E-state index in [0.29, 0.717) is 32.7 Å². The number of rotatable bonds is 5. The zero-order valence-electron chi connectivity index (χ0n) is 11.9. The fourth-order valence-corrected chi connectivity index (χ4v) is 4.25. The van der Waals surface area contributed by atoms with Gasteiger partial charge in [-0.2, -0.15) is 4.31 Å². The fourth-order valence-electron chi connectivity index (χ4n) is 2.28. The lowest BCUT2D eigenvalue weighted by molar-refractivity contribution is 0.0941. The molecule has 0 bridgehead atoms. The summed E-state index contributed by atoms with van der Waals surface area (Å²) in [5.41, 5.74) is 0. The van der Waals surface area contributed by atoms with Crippen LogP contribution < -0.4 is 0 Å². The molecular formula is C13H22N2O3S2. The second-order valence-corrected chi connectivity index (χ2v) is 8.79. The maximum absolute atomic E-state index is 12.1. The third-order valence-electron chi connectivity index (χ3n) is 3.59. The summed E-state index contributed by atoms with van der Waals surface area (Å²) in [4.78, 5) is 3.08. The largest absolute Gasteiger partial charge is 0.386 e. The van der Waals surface area contributed by atoms with E-state index in [1.807, 2.05) is 17.5 Å². The van der Waals surface area contributed by atoms with Gasteiger partial charge in [-0.15, -0.1) is 11.3 Å². The standard InChI is InChI=1S/C13H22N2O3S2/c1-11(2)20(17,18)15-7-5-14(6-8-15)10-12(16)13-4-3-9-19-13/h3-4,9,11-12,16H,5-8,10H2,1-2H3. The molecule has 1 aromatic rings. The Hall–Kier alpha value is -0.470. The number of hydrogen-bond donors (Lipinski definition) is 1. The molecule has 0 radical (unpaired) electrons. The SMILES string of the molecule is CC(C)S(=O)(=O)N1CCN(CC(O)c2cccs2)CC1. The highest BCUT2D eigenvalue weighted by molar-refractivity contribution is 7.89. The number of β-amino-alcohol motifs (C(OH)–C–C–N with tert-alkyl or cyclic N) is 1. The molecule has 0 spiro atoms. The van der Waals surface area contributed by atoms with Crippen molar-refractivity contribution < 1.29 is 13.5 Å². The van der Waals surface area contributed by atoms with Gasteiger partial charge in [-0.05, 0) is 25.3 Å². The van der Waals surface area contributed by atoms with E-state index in [-0.39, 0.29) is 5.25 Å². The van der Waals surface area contributed by atoms with Crippen LogP contribution in [-0.2, 0) is 10.0 Å². The Morgan fingerprint density at radius 1 is 1.30 bits per heavy atom. The summed E-state index contributed by atoms with van der Waals surface area (Å²) in [6.45, 7) is 6.36. The molecule has 1 atom stereocenters. The van der Waals surface area contributed by atoms with Gasteiger partial charge in [0.1, 0.15) is 6.10 Å². The number of nitrogens with zero attached hydrogens (tertiary/aromatic N) is 2. The quantitative estimate of drug-likeness (QED) is 0.884. The van der Waals surface area contributed by atoms with Gasteiger partial charge in [0.15, 0.2) is 0 Å². The molecule has 1 N–H and O–H groups in total. The highest BCUT2D eigenvalue weighted by atomic mass is 32.2. The maximum atomic E-state index is 12.1. The topological polar surface area (TPSA) is 60.9 Å². The van der Waals surface area contributed by atoms with E-state index in [0.717, 1.165) is 4.88 Å². The van der Waals surface area contributed by atoms with Crippen molar-refractivity contribution in [1.29, 1.82) is 0 Å². The first-order valence-electron chi connectivity index (χ1n) is 6.84. The first kappa shape index (κ1) is 15.9. The van der Waals surface area contributed by atoms with Gasteiger partial charge in [0.2, 0.25) is 10.0 Å². The number of sulfonamides is 1. The minimum atomic E-state index is -3.15. The van der Waals surface area contributed by atoms with Crippen LogP contribution in [0.2, 0.25) is 0 Å². The molecular weight excluding hydrogens is 296 g/mol. The molecule has 1 unspecified atom stereocenters. The van der Waals surface area contributed by atoms with Crippen LogP contribution in [0.3, 0.4) is 0 Å². The van der Waals surface area contributed by atoms with Gasteiger partial charge in [0.05, 0.1) is 5.25 Å². The van der Waals surface area contributed by atoms with E-state index in [1.54, 1.807) is 29.5 Å². The second kappa shape index (κ2) is 6.53. The first-order valence-corrected chi connectivity index (χ1v) is 9.22.